The summed E-state index contributed by atoms with van der Waals surface area (Å²) in [6, 6.07) is 52.8. The summed E-state index contributed by atoms with van der Waals surface area (Å²) >= 11 is 0. The van der Waals surface area contributed by atoms with Gasteiger partial charge in [-0.1, -0.05) is 60.7 Å². The molecule has 292 valence electrons. The Labute approximate surface area is 350 Å². The van der Waals surface area contributed by atoms with E-state index in [-0.39, 0.29) is 0 Å². The van der Waals surface area contributed by atoms with Crippen LogP contribution in [0.4, 0.5) is 0 Å². The summed E-state index contributed by atoms with van der Waals surface area (Å²) in [4.78, 5) is 19.0. The fraction of sp³-hybridized carbons (Fsp3) is 0.0385. The van der Waals surface area contributed by atoms with Gasteiger partial charge in [0, 0.05) is 63.3 Å². The monoisotopic (exact) mass is 792 g/mol. The second kappa shape index (κ2) is 14.8. The molecule has 0 spiro atoms. The third kappa shape index (κ3) is 6.54. The van der Waals surface area contributed by atoms with Crippen LogP contribution in [0.3, 0.4) is 0 Å². The SMILES string of the molecule is COc1ccnc(-n2c3ccccc3c3ccc(Oc4cccc(-c5cnc(-c6cccc(Oc7ccc8c9ccccc9n(-c9cc(C)ccn9)c8c7)c6)cn5)c4)cc32)c1. The number of hydrogen-bond acceptors (Lipinski definition) is 7. The summed E-state index contributed by atoms with van der Waals surface area (Å²) < 4.78 is 22.8. The number of hydrogen-bond donors (Lipinski definition) is 0. The summed E-state index contributed by atoms with van der Waals surface area (Å²) in [7, 11) is 1.66. The van der Waals surface area contributed by atoms with E-state index in [1.807, 2.05) is 91.1 Å². The lowest BCUT2D eigenvalue weighted by Gasteiger charge is -2.11. The number of pyridine rings is 2. The zero-order chi connectivity index (χ0) is 40.9. The highest BCUT2D eigenvalue weighted by atomic mass is 16.5. The smallest absolute Gasteiger partial charge is 0.141 e. The Morgan fingerprint density at radius 2 is 0.885 bits per heavy atom. The first-order valence-electron chi connectivity index (χ1n) is 19.9. The zero-order valence-electron chi connectivity index (χ0n) is 33.2. The van der Waals surface area contributed by atoms with E-state index in [9.17, 15) is 0 Å². The van der Waals surface area contributed by atoms with E-state index < -0.39 is 0 Å². The highest BCUT2D eigenvalue weighted by Gasteiger charge is 2.17. The average Bonchev–Trinajstić information content (AvgIpc) is 3.81. The number of ether oxygens (including phenoxy) is 3. The first kappa shape index (κ1) is 35.8. The fourth-order valence-corrected chi connectivity index (χ4v) is 8.15. The van der Waals surface area contributed by atoms with Gasteiger partial charge in [-0.3, -0.25) is 19.1 Å². The maximum Gasteiger partial charge on any atom is 0.141 e. The van der Waals surface area contributed by atoms with Crippen LogP contribution in [0, 0.1) is 6.92 Å². The van der Waals surface area contributed by atoms with E-state index in [1.54, 1.807) is 25.7 Å². The molecule has 5 heterocycles. The van der Waals surface area contributed by atoms with Crippen molar-refractivity contribution in [2.24, 2.45) is 0 Å². The van der Waals surface area contributed by atoms with Gasteiger partial charge in [-0.15, -0.1) is 0 Å². The van der Waals surface area contributed by atoms with Crippen LogP contribution in [0.5, 0.6) is 28.7 Å². The molecule has 0 N–H and O–H groups in total. The molecule has 11 aromatic rings. The van der Waals surface area contributed by atoms with E-state index in [1.165, 1.54) is 0 Å². The van der Waals surface area contributed by atoms with Crippen molar-refractivity contribution in [1.29, 1.82) is 0 Å². The van der Waals surface area contributed by atoms with Crippen LogP contribution < -0.4 is 14.2 Å². The highest BCUT2D eigenvalue weighted by Crippen LogP contribution is 2.38. The lowest BCUT2D eigenvalue weighted by molar-refractivity contribution is 0.414. The maximum atomic E-state index is 6.49. The van der Waals surface area contributed by atoms with Gasteiger partial charge in [-0.25, -0.2) is 9.97 Å². The molecular weight excluding hydrogens is 757 g/mol. The van der Waals surface area contributed by atoms with Crippen molar-refractivity contribution in [2.45, 2.75) is 6.92 Å². The number of methoxy groups -OCH3 is 1. The second-order valence-corrected chi connectivity index (χ2v) is 14.9. The van der Waals surface area contributed by atoms with Gasteiger partial charge in [-0.05, 0) is 91.3 Å². The normalized spacial score (nSPS) is 11.4. The molecular formula is C52H36N6O3. The lowest BCUT2D eigenvalue weighted by atomic mass is 10.1. The number of aryl methyl sites for hydroxylation is 1. The van der Waals surface area contributed by atoms with Crippen molar-refractivity contribution in [3.05, 3.63) is 188 Å². The molecule has 0 amide bonds. The molecule has 0 atom stereocenters. The van der Waals surface area contributed by atoms with Crippen LogP contribution in [0.1, 0.15) is 5.56 Å². The summed E-state index contributed by atoms with van der Waals surface area (Å²) in [5.74, 6) is 5.17. The summed E-state index contributed by atoms with van der Waals surface area (Å²) in [5, 5.41) is 4.53. The van der Waals surface area contributed by atoms with Crippen LogP contribution in [0.2, 0.25) is 0 Å². The van der Waals surface area contributed by atoms with Crippen molar-refractivity contribution in [2.75, 3.05) is 7.11 Å². The molecule has 0 aliphatic carbocycles. The summed E-state index contributed by atoms with van der Waals surface area (Å²) in [6.07, 6.45) is 7.19. The Morgan fingerprint density at radius 3 is 1.41 bits per heavy atom. The van der Waals surface area contributed by atoms with E-state index >= 15 is 0 Å². The molecule has 0 aliphatic heterocycles. The Hall–Kier alpha value is -8.30. The molecule has 0 saturated carbocycles. The molecule has 61 heavy (non-hydrogen) atoms. The number of fused-ring (bicyclic) bond motifs is 6. The first-order chi connectivity index (χ1) is 30.1. The Morgan fingerprint density at radius 1 is 0.393 bits per heavy atom. The predicted molar refractivity (Wildman–Crippen MR) is 241 cm³/mol. The molecule has 0 fully saturated rings. The zero-order valence-corrected chi connectivity index (χ0v) is 33.2. The van der Waals surface area contributed by atoms with Gasteiger partial charge in [0.2, 0.25) is 0 Å². The predicted octanol–water partition coefficient (Wildman–Crippen LogP) is 12.7. The average molecular weight is 793 g/mol. The van der Waals surface area contributed by atoms with Gasteiger partial charge in [-0.2, -0.15) is 0 Å². The lowest BCUT2D eigenvalue weighted by Crippen LogP contribution is -1.98. The van der Waals surface area contributed by atoms with Gasteiger partial charge in [0.1, 0.15) is 40.4 Å². The maximum absolute atomic E-state index is 6.49. The number of nitrogens with zero attached hydrogens (tertiary/aromatic N) is 6. The van der Waals surface area contributed by atoms with Gasteiger partial charge < -0.3 is 14.2 Å². The molecule has 9 nitrogen and oxygen atoms in total. The van der Waals surface area contributed by atoms with Gasteiger partial charge in [0.25, 0.3) is 0 Å². The quantitative estimate of drug-likeness (QED) is 0.144. The van der Waals surface area contributed by atoms with Crippen molar-refractivity contribution < 1.29 is 14.2 Å². The van der Waals surface area contributed by atoms with Crippen LogP contribution >= 0.6 is 0 Å². The van der Waals surface area contributed by atoms with Crippen molar-refractivity contribution in [3.8, 4) is 62.9 Å². The van der Waals surface area contributed by atoms with Crippen molar-refractivity contribution in [3.63, 3.8) is 0 Å². The topological polar surface area (TPSA) is 89.1 Å². The summed E-state index contributed by atoms with van der Waals surface area (Å²) in [6.45, 7) is 2.08. The molecule has 5 aromatic heterocycles. The minimum Gasteiger partial charge on any atom is -0.497 e. The van der Waals surface area contributed by atoms with Crippen LogP contribution in [0.25, 0.3) is 77.8 Å². The molecule has 6 aromatic carbocycles. The molecule has 0 saturated heterocycles. The van der Waals surface area contributed by atoms with Crippen molar-refractivity contribution in [1.82, 2.24) is 29.1 Å². The number of rotatable bonds is 9. The summed E-state index contributed by atoms with van der Waals surface area (Å²) in [5.41, 5.74) is 8.54. The van der Waals surface area contributed by atoms with Crippen LogP contribution in [-0.2, 0) is 0 Å². The molecule has 0 unspecified atom stereocenters. The van der Waals surface area contributed by atoms with E-state index in [0.717, 1.165) is 94.8 Å². The Bertz CT molecular complexity index is 3450. The van der Waals surface area contributed by atoms with Crippen LogP contribution in [-0.4, -0.2) is 36.2 Å². The fourth-order valence-electron chi connectivity index (χ4n) is 8.15. The molecule has 0 aliphatic rings. The number of benzene rings is 6. The second-order valence-electron chi connectivity index (χ2n) is 14.9. The van der Waals surface area contributed by atoms with Gasteiger partial charge in [0.05, 0.1) is 53.0 Å². The third-order valence-electron chi connectivity index (χ3n) is 11.0. The van der Waals surface area contributed by atoms with Crippen molar-refractivity contribution >= 4 is 43.6 Å². The van der Waals surface area contributed by atoms with Gasteiger partial charge >= 0.3 is 0 Å². The Balaban J connectivity index is 0.850. The molecule has 11 rings (SSSR count). The molecule has 0 radical (unpaired) electrons. The highest BCUT2D eigenvalue weighted by molar-refractivity contribution is 6.10. The Kier molecular flexibility index (Phi) is 8.70. The van der Waals surface area contributed by atoms with E-state index in [2.05, 4.69) is 93.8 Å². The molecule has 0 bridgehead atoms. The molecule has 9 heteroatoms. The van der Waals surface area contributed by atoms with Gasteiger partial charge in [0.15, 0.2) is 0 Å². The first-order valence-corrected chi connectivity index (χ1v) is 19.9. The third-order valence-corrected chi connectivity index (χ3v) is 11.0. The minimum atomic E-state index is 0.684. The van der Waals surface area contributed by atoms with E-state index in [4.69, 9.17) is 29.2 Å². The standard InChI is InChI=1S/C52H36N6O3/c1-33-21-23-53-51(25-33)57-47-15-5-3-13-41(47)43-19-17-39(28-49(43)57)60-37-11-7-9-34(26-37)45-31-56-46(32-55-45)35-10-8-12-38(27-35)61-40-18-20-44-42-14-4-6-16-48(42)58(50(44)29-40)52-30-36(59-2)22-24-54-52/h3-32H,1-2H3. The number of aromatic nitrogens is 6. The largest absolute Gasteiger partial charge is 0.497 e. The van der Waals surface area contributed by atoms with E-state index in [0.29, 0.717) is 17.2 Å². The number of para-hydroxylation sites is 2. The minimum absolute atomic E-state index is 0.684. The van der Waals surface area contributed by atoms with Crippen LogP contribution in [0.15, 0.2) is 183 Å².